The molecule has 1 unspecified atom stereocenters. The van der Waals surface area contributed by atoms with E-state index >= 15 is 0 Å². The molecule has 1 heterocycles. The minimum Gasteiger partial charge on any atom is -0.467 e. The Labute approximate surface area is 146 Å². The van der Waals surface area contributed by atoms with Crippen molar-refractivity contribution in [3.8, 4) is 0 Å². The molecule has 1 aromatic carbocycles. The van der Waals surface area contributed by atoms with Crippen LogP contribution in [0.1, 0.15) is 49.5 Å². The zero-order valence-corrected chi connectivity index (χ0v) is 14.5. The molecule has 0 spiro atoms. The maximum atomic E-state index is 12.2. The summed E-state index contributed by atoms with van der Waals surface area (Å²) in [5.74, 6) is 0.494. The van der Waals surface area contributed by atoms with Gasteiger partial charge in [-0.25, -0.2) is 4.79 Å². The van der Waals surface area contributed by atoms with Crippen LogP contribution in [0.4, 0.5) is 0 Å². The fourth-order valence-corrected chi connectivity index (χ4v) is 2.39. The molecule has 2 rings (SSSR count). The number of carbonyl (C=O) groups is 2. The van der Waals surface area contributed by atoms with Crippen LogP contribution in [0.2, 0.25) is 0 Å². The molecule has 0 aliphatic rings. The van der Waals surface area contributed by atoms with Gasteiger partial charge in [-0.1, -0.05) is 42.4 Å². The molecule has 1 aromatic heterocycles. The van der Waals surface area contributed by atoms with E-state index < -0.39 is 12.0 Å². The van der Waals surface area contributed by atoms with E-state index in [0.29, 0.717) is 30.1 Å². The lowest BCUT2D eigenvalue weighted by Gasteiger charge is -2.16. The first-order valence-corrected chi connectivity index (χ1v) is 8.37. The van der Waals surface area contributed by atoms with E-state index in [1.807, 2.05) is 13.0 Å². The summed E-state index contributed by atoms with van der Waals surface area (Å²) in [5, 5.41) is 6.59. The topological polar surface area (TPSA) is 94.3 Å². The molecule has 0 radical (unpaired) electrons. The highest BCUT2D eigenvalue weighted by Gasteiger charge is 2.23. The zero-order chi connectivity index (χ0) is 18.1. The first-order valence-electron chi connectivity index (χ1n) is 8.37. The van der Waals surface area contributed by atoms with Crippen molar-refractivity contribution >= 4 is 11.9 Å². The van der Waals surface area contributed by atoms with Crippen molar-refractivity contribution in [1.29, 1.82) is 0 Å². The lowest BCUT2D eigenvalue weighted by atomic mass is 10.1. The van der Waals surface area contributed by atoms with Gasteiger partial charge in [0.25, 0.3) is 0 Å². The summed E-state index contributed by atoms with van der Waals surface area (Å²) in [4.78, 5) is 28.4. The van der Waals surface area contributed by atoms with E-state index in [0.717, 1.165) is 12.8 Å². The summed E-state index contributed by atoms with van der Waals surface area (Å²) in [6.07, 6.45) is 3.07. The van der Waals surface area contributed by atoms with E-state index in [-0.39, 0.29) is 12.3 Å². The molecule has 0 saturated heterocycles. The maximum Gasteiger partial charge on any atom is 0.333 e. The summed E-state index contributed by atoms with van der Waals surface area (Å²) in [7, 11) is 1.30. The molecule has 1 atom stereocenters. The SMILES string of the molecule is CCCc1noc(CCCC(=O)NC(C(=O)OC)c2ccccc2)n1. The number of amides is 1. The maximum absolute atomic E-state index is 12.2. The minimum absolute atomic E-state index is 0.229. The second-order valence-corrected chi connectivity index (χ2v) is 5.64. The van der Waals surface area contributed by atoms with Gasteiger partial charge in [-0.05, 0) is 18.4 Å². The van der Waals surface area contributed by atoms with Crippen molar-refractivity contribution < 1.29 is 18.8 Å². The second kappa shape index (κ2) is 9.56. The molecule has 134 valence electrons. The number of carbonyl (C=O) groups excluding carboxylic acids is 2. The molecule has 1 amide bonds. The molecule has 0 aliphatic carbocycles. The molecule has 2 aromatic rings. The Morgan fingerprint density at radius 2 is 2.00 bits per heavy atom. The van der Waals surface area contributed by atoms with Crippen LogP contribution in [0.25, 0.3) is 0 Å². The number of hydrogen-bond acceptors (Lipinski definition) is 6. The average Bonchev–Trinajstić information content (AvgIpc) is 3.07. The van der Waals surface area contributed by atoms with Gasteiger partial charge >= 0.3 is 5.97 Å². The monoisotopic (exact) mass is 345 g/mol. The van der Waals surface area contributed by atoms with Crippen LogP contribution >= 0.6 is 0 Å². The lowest BCUT2D eigenvalue weighted by molar-refractivity contribution is -0.145. The summed E-state index contributed by atoms with van der Waals surface area (Å²) in [6.45, 7) is 2.05. The van der Waals surface area contributed by atoms with Gasteiger partial charge in [0.1, 0.15) is 0 Å². The van der Waals surface area contributed by atoms with Gasteiger partial charge in [-0.15, -0.1) is 0 Å². The van der Waals surface area contributed by atoms with E-state index in [1.165, 1.54) is 7.11 Å². The van der Waals surface area contributed by atoms with Crippen molar-refractivity contribution in [3.05, 3.63) is 47.6 Å². The number of esters is 1. The molecule has 7 nitrogen and oxygen atoms in total. The fraction of sp³-hybridized carbons (Fsp3) is 0.444. The van der Waals surface area contributed by atoms with Crippen molar-refractivity contribution in [2.75, 3.05) is 7.11 Å². The molecule has 7 heteroatoms. The van der Waals surface area contributed by atoms with Crippen LogP contribution in [-0.4, -0.2) is 29.1 Å². The van der Waals surface area contributed by atoms with Crippen molar-refractivity contribution in [3.63, 3.8) is 0 Å². The standard InChI is InChI=1S/C18H23N3O4/c1-3-8-14-19-16(25-21-14)12-7-11-15(22)20-17(18(23)24-2)13-9-5-4-6-10-13/h4-6,9-10,17H,3,7-8,11-12H2,1-2H3,(H,20,22). The van der Waals surface area contributed by atoms with Gasteiger partial charge in [-0.3, -0.25) is 4.79 Å². The van der Waals surface area contributed by atoms with Gasteiger partial charge < -0.3 is 14.6 Å². The molecular weight excluding hydrogens is 322 g/mol. The predicted molar refractivity (Wildman–Crippen MR) is 90.6 cm³/mol. The number of hydrogen-bond donors (Lipinski definition) is 1. The van der Waals surface area contributed by atoms with Crippen molar-refractivity contribution in [2.24, 2.45) is 0 Å². The number of aromatic nitrogens is 2. The number of nitrogens with zero attached hydrogens (tertiary/aromatic N) is 2. The Kier molecular flexibility index (Phi) is 7.13. The smallest absolute Gasteiger partial charge is 0.333 e. The van der Waals surface area contributed by atoms with Crippen LogP contribution < -0.4 is 5.32 Å². The number of nitrogens with one attached hydrogen (secondary N) is 1. The number of rotatable bonds is 9. The summed E-state index contributed by atoms with van der Waals surface area (Å²) >= 11 is 0. The quantitative estimate of drug-likeness (QED) is 0.701. The van der Waals surface area contributed by atoms with E-state index in [1.54, 1.807) is 24.3 Å². The van der Waals surface area contributed by atoms with Gasteiger partial charge in [0, 0.05) is 19.3 Å². The zero-order valence-electron chi connectivity index (χ0n) is 14.5. The first kappa shape index (κ1) is 18.6. The highest BCUT2D eigenvalue weighted by Crippen LogP contribution is 2.15. The van der Waals surface area contributed by atoms with Crippen molar-refractivity contribution in [1.82, 2.24) is 15.5 Å². The fourth-order valence-electron chi connectivity index (χ4n) is 2.39. The average molecular weight is 345 g/mol. The Morgan fingerprint density at radius 3 is 2.68 bits per heavy atom. The van der Waals surface area contributed by atoms with Crippen LogP contribution in [0.5, 0.6) is 0 Å². The van der Waals surface area contributed by atoms with Crippen LogP contribution in [0.3, 0.4) is 0 Å². The highest BCUT2D eigenvalue weighted by molar-refractivity contribution is 5.85. The van der Waals surface area contributed by atoms with Gasteiger partial charge in [0.2, 0.25) is 11.8 Å². The normalized spacial score (nSPS) is 11.8. The second-order valence-electron chi connectivity index (χ2n) is 5.64. The van der Waals surface area contributed by atoms with Crippen LogP contribution in [0, 0.1) is 0 Å². The third-order valence-electron chi connectivity index (χ3n) is 3.65. The van der Waals surface area contributed by atoms with Crippen LogP contribution in [-0.2, 0) is 27.2 Å². The summed E-state index contributed by atoms with van der Waals surface area (Å²) < 4.78 is 9.92. The van der Waals surface area contributed by atoms with Crippen LogP contribution in [0.15, 0.2) is 34.9 Å². The molecule has 0 saturated carbocycles. The summed E-state index contributed by atoms with van der Waals surface area (Å²) in [5.41, 5.74) is 0.684. The third kappa shape index (κ3) is 5.70. The Morgan fingerprint density at radius 1 is 1.24 bits per heavy atom. The largest absolute Gasteiger partial charge is 0.467 e. The van der Waals surface area contributed by atoms with E-state index in [9.17, 15) is 9.59 Å². The van der Waals surface area contributed by atoms with Gasteiger partial charge in [0.05, 0.1) is 7.11 Å². The van der Waals surface area contributed by atoms with E-state index in [4.69, 9.17) is 9.26 Å². The number of ether oxygens (including phenoxy) is 1. The number of aryl methyl sites for hydroxylation is 2. The lowest BCUT2D eigenvalue weighted by Crippen LogP contribution is -2.34. The Bertz CT molecular complexity index is 685. The number of benzene rings is 1. The Balaban J connectivity index is 1.85. The minimum atomic E-state index is -0.807. The van der Waals surface area contributed by atoms with E-state index in [2.05, 4.69) is 15.5 Å². The summed E-state index contributed by atoms with van der Waals surface area (Å²) in [6, 6.07) is 8.20. The Hall–Kier alpha value is -2.70. The highest BCUT2D eigenvalue weighted by atomic mass is 16.5. The molecule has 0 fully saturated rings. The van der Waals surface area contributed by atoms with Crippen molar-refractivity contribution in [2.45, 2.75) is 45.1 Å². The molecule has 0 aliphatic heterocycles. The van der Waals surface area contributed by atoms with Gasteiger partial charge in [0.15, 0.2) is 11.9 Å². The third-order valence-corrected chi connectivity index (χ3v) is 3.65. The number of methoxy groups -OCH3 is 1. The molecule has 0 bridgehead atoms. The predicted octanol–water partition coefficient (Wildman–Crippen LogP) is 2.38. The molecular formula is C18H23N3O4. The molecule has 25 heavy (non-hydrogen) atoms. The van der Waals surface area contributed by atoms with Gasteiger partial charge in [-0.2, -0.15) is 4.98 Å². The first-order chi connectivity index (χ1) is 12.1. The molecule has 1 N–H and O–H groups in total.